The number of benzene rings is 1. The van der Waals surface area contributed by atoms with E-state index in [9.17, 15) is 9.90 Å². The van der Waals surface area contributed by atoms with Crippen LogP contribution in [0.2, 0.25) is 0 Å². The highest BCUT2D eigenvalue weighted by atomic mass is 32.1. The van der Waals surface area contributed by atoms with Crippen molar-refractivity contribution in [2.75, 3.05) is 0 Å². The van der Waals surface area contributed by atoms with Gasteiger partial charge in [0.05, 0.1) is 6.04 Å². The highest BCUT2D eigenvalue weighted by Crippen LogP contribution is 2.13. The first-order valence-electron chi connectivity index (χ1n) is 6.39. The van der Waals surface area contributed by atoms with E-state index in [2.05, 4.69) is 10.7 Å². The zero-order chi connectivity index (χ0) is 14.5. The molecule has 106 valence electrons. The Balaban J connectivity index is 1.86. The van der Waals surface area contributed by atoms with Gasteiger partial charge in [-0.3, -0.25) is 4.79 Å². The van der Waals surface area contributed by atoms with Crippen molar-refractivity contribution in [2.45, 2.75) is 25.9 Å². The van der Waals surface area contributed by atoms with E-state index in [1.165, 1.54) is 5.56 Å². The number of phenols is 1. The summed E-state index contributed by atoms with van der Waals surface area (Å²) in [6, 6.07) is 6.14. The highest BCUT2D eigenvalue weighted by molar-refractivity contribution is 7.08. The predicted octanol–water partition coefficient (Wildman–Crippen LogP) is 1.95. The molecule has 0 spiro atoms. The molecule has 20 heavy (non-hydrogen) atoms. The zero-order valence-corrected chi connectivity index (χ0v) is 12.1. The largest absolute Gasteiger partial charge is 0.508 e. The van der Waals surface area contributed by atoms with Crippen LogP contribution in [0, 0.1) is 6.92 Å². The lowest BCUT2D eigenvalue weighted by atomic mass is 10.1. The van der Waals surface area contributed by atoms with Crippen LogP contribution in [0.4, 0.5) is 0 Å². The molecule has 0 aliphatic heterocycles. The first-order valence-corrected chi connectivity index (χ1v) is 7.33. The molecule has 0 fully saturated rings. The summed E-state index contributed by atoms with van der Waals surface area (Å²) in [5.41, 5.74) is 9.13. The molecule has 0 saturated carbocycles. The summed E-state index contributed by atoms with van der Waals surface area (Å²) in [6.45, 7) is 2.53. The van der Waals surface area contributed by atoms with Crippen LogP contribution in [-0.4, -0.2) is 17.1 Å². The molecule has 1 atom stereocenters. The molecular formula is C15H18N2O2S. The first kappa shape index (κ1) is 14.6. The van der Waals surface area contributed by atoms with Crippen molar-refractivity contribution in [1.29, 1.82) is 0 Å². The number of carbonyl (C=O) groups excluding carboxylic acids is 1. The lowest BCUT2D eigenvalue weighted by molar-refractivity contribution is -0.122. The van der Waals surface area contributed by atoms with Gasteiger partial charge in [0, 0.05) is 6.54 Å². The average Bonchev–Trinajstić information content (AvgIpc) is 2.84. The average molecular weight is 290 g/mol. The minimum atomic E-state index is -0.585. The van der Waals surface area contributed by atoms with Gasteiger partial charge in [0.1, 0.15) is 5.75 Å². The number of hydrogen-bond acceptors (Lipinski definition) is 4. The summed E-state index contributed by atoms with van der Waals surface area (Å²) in [5, 5.41) is 16.1. The van der Waals surface area contributed by atoms with Gasteiger partial charge in [0.25, 0.3) is 0 Å². The minimum absolute atomic E-state index is 0.163. The molecule has 1 aromatic heterocycles. The fraction of sp³-hybridized carbons (Fsp3) is 0.267. The van der Waals surface area contributed by atoms with Crippen LogP contribution in [0.1, 0.15) is 16.7 Å². The van der Waals surface area contributed by atoms with E-state index in [0.29, 0.717) is 13.0 Å². The fourth-order valence-corrected chi connectivity index (χ4v) is 2.72. The van der Waals surface area contributed by atoms with Crippen LogP contribution in [0.5, 0.6) is 5.75 Å². The third-order valence-electron chi connectivity index (χ3n) is 3.14. The Bertz CT molecular complexity index is 578. The monoisotopic (exact) mass is 290 g/mol. The van der Waals surface area contributed by atoms with E-state index in [1.54, 1.807) is 35.6 Å². The minimum Gasteiger partial charge on any atom is -0.508 e. The number of thiophene rings is 1. The van der Waals surface area contributed by atoms with Crippen molar-refractivity contribution in [3.63, 3.8) is 0 Å². The molecule has 0 saturated heterocycles. The summed E-state index contributed by atoms with van der Waals surface area (Å²) >= 11 is 1.62. The molecular weight excluding hydrogens is 272 g/mol. The SMILES string of the molecule is Cc1cscc1CNC(=O)[C@H](N)Cc1ccc(O)cc1. The Morgan fingerprint density at radius 3 is 2.65 bits per heavy atom. The van der Waals surface area contributed by atoms with Crippen LogP contribution in [0.25, 0.3) is 0 Å². The molecule has 2 rings (SSSR count). The molecule has 0 unspecified atom stereocenters. The Morgan fingerprint density at radius 1 is 1.35 bits per heavy atom. The zero-order valence-electron chi connectivity index (χ0n) is 11.3. The number of phenolic OH excluding ortho intramolecular Hbond substituents is 1. The van der Waals surface area contributed by atoms with Crippen molar-refractivity contribution >= 4 is 17.2 Å². The van der Waals surface area contributed by atoms with Crippen molar-refractivity contribution < 1.29 is 9.90 Å². The van der Waals surface area contributed by atoms with Crippen LogP contribution in [0.15, 0.2) is 35.0 Å². The third kappa shape index (κ3) is 3.82. The van der Waals surface area contributed by atoms with E-state index >= 15 is 0 Å². The number of aromatic hydroxyl groups is 1. The maximum Gasteiger partial charge on any atom is 0.237 e. The van der Waals surface area contributed by atoms with E-state index in [4.69, 9.17) is 5.73 Å². The van der Waals surface area contributed by atoms with Crippen LogP contribution in [0.3, 0.4) is 0 Å². The van der Waals surface area contributed by atoms with Gasteiger partial charge in [-0.2, -0.15) is 11.3 Å². The van der Waals surface area contributed by atoms with Crippen LogP contribution >= 0.6 is 11.3 Å². The number of nitrogens with two attached hydrogens (primary N) is 1. The summed E-state index contributed by atoms with van der Waals surface area (Å²) in [4.78, 5) is 11.9. The topological polar surface area (TPSA) is 75.4 Å². The second-order valence-corrected chi connectivity index (χ2v) is 5.52. The number of aryl methyl sites for hydroxylation is 1. The Kier molecular flexibility index (Phi) is 4.76. The molecule has 1 heterocycles. The molecule has 1 aromatic carbocycles. The van der Waals surface area contributed by atoms with Crippen molar-refractivity contribution in [2.24, 2.45) is 5.73 Å². The normalized spacial score (nSPS) is 12.1. The number of amides is 1. The fourth-order valence-electron chi connectivity index (χ4n) is 1.86. The van der Waals surface area contributed by atoms with Gasteiger partial charge in [0.15, 0.2) is 0 Å². The molecule has 1 amide bonds. The van der Waals surface area contributed by atoms with Crippen LogP contribution < -0.4 is 11.1 Å². The predicted molar refractivity (Wildman–Crippen MR) is 80.7 cm³/mol. The number of hydrogen-bond donors (Lipinski definition) is 3. The van der Waals surface area contributed by atoms with Crippen molar-refractivity contribution in [3.05, 3.63) is 51.7 Å². The Morgan fingerprint density at radius 2 is 2.05 bits per heavy atom. The number of nitrogens with one attached hydrogen (secondary N) is 1. The lowest BCUT2D eigenvalue weighted by Gasteiger charge is -2.12. The number of carbonyl (C=O) groups is 1. The maximum absolute atomic E-state index is 11.9. The molecule has 0 aliphatic carbocycles. The number of rotatable bonds is 5. The summed E-state index contributed by atoms with van der Waals surface area (Å²) in [6.07, 6.45) is 0.453. The summed E-state index contributed by atoms with van der Waals surface area (Å²) in [5.74, 6) is 0.0448. The molecule has 5 heteroatoms. The molecule has 2 aromatic rings. The van der Waals surface area contributed by atoms with Gasteiger partial charge < -0.3 is 16.2 Å². The first-order chi connectivity index (χ1) is 9.56. The van der Waals surface area contributed by atoms with E-state index in [1.807, 2.05) is 12.3 Å². The standard InChI is InChI=1S/C15H18N2O2S/c1-10-8-20-9-12(10)7-17-15(19)14(16)6-11-2-4-13(18)5-3-11/h2-5,8-9,14,18H,6-7,16H2,1H3,(H,17,19)/t14-/m1/s1. The lowest BCUT2D eigenvalue weighted by Crippen LogP contribution is -2.41. The van der Waals surface area contributed by atoms with Gasteiger partial charge in [0.2, 0.25) is 5.91 Å². The van der Waals surface area contributed by atoms with E-state index in [0.717, 1.165) is 11.1 Å². The van der Waals surface area contributed by atoms with Gasteiger partial charge in [-0.15, -0.1) is 0 Å². The van der Waals surface area contributed by atoms with Gasteiger partial charge >= 0.3 is 0 Å². The van der Waals surface area contributed by atoms with Gasteiger partial charge in [-0.1, -0.05) is 12.1 Å². The molecule has 0 radical (unpaired) electrons. The Hall–Kier alpha value is -1.85. The van der Waals surface area contributed by atoms with Crippen molar-refractivity contribution in [1.82, 2.24) is 5.32 Å². The molecule has 0 aliphatic rings. The summed E-state index contributed by atoms with van der Waals surface area (Å²) in [7, 11) is 0. The maximum atomic E-state index is 11.9. The van der Waals surface area contributed by atoms with Crippen LogP contribution in [-0.2, 0) is 17.8 Å². The second-order valence-electron chi connectivity index (χ2n) is 4.77. The smallest absolute Gasteiger partial charge is 0.237 e. The quantitative estimate of drug-likeness (QED) is 0.788. The highest BCUT2D eigenvalue weighted by Gasteiger charge is 2.14. The van der Waals surface area contributed by atoms with E-state index in [-0.39, 0.29) is 11.7 Å². The molecule has 0 bridgehead atoms. The summed E-state index contributed by atoms with van der Waals surface area (Å²) < 4.78 is 0. The Labute approximate surface area is 122 Å². The van der Waals surface area contributed by atoms with Gasteiger partial charge in [-0.05, 0) is 52.9 Å². The molecule has 4 N–H and O–H groups in total. The third-order valence-corrected chi connectivity index (χ3v) is 4.05. The van der Waals surface area contributed by atoms with E-state index < -0.39 is 6.04 Å². The second kappa shape index (κ2) is 6.54. The van der Waals surface area contributed by atoms with Gasteiger partial charge in [-0.25, -0.2) is 0 Å². The molecule has 4 nitrogen and oxygen atoms in total. The van der Waals surface area contributed by atoms with Crippen molar-refractivity contribution in [3.8, 4) is 5.75 Å².